The zero-order valence-electron chi connectivity index (χ0n) is 17.3. The molecule has 3 rings (SSSR count). The summed E-state index contributed by atoms with van der Waals surface area (Å²) in [6.07, 6.45) is 6.43. The number of hydrogen-bond acceptors (Lipinski definition) is 3. The topological polar surface area (TPSA) is 84.7 Å². The molecule has 0 saturated heterocycles. The predicted molar refractivity (Wildman–Crippen MR) is 114 cm³/mol. The van der Waals surface area contributed by atoms with Crippen molar-refractivity contribution in [1.29, 1.82) is 0 Å². The van der Waals surface area contributed by atoms with Gasteiger partial charge < -0.3 is 9.88 Å². The van der Waals surface area contributed by atoms with Crippen molar-refractivity contribution in [3.8, 4) is 5.69 Å². The molecular weight excluding hydrogens is 366 g/mol. The Morgan fingerprint density at radius 2 is 2.00 bits per heavy atom. The van der Waals surface area contributed by atoms with E-state index < -0.39 is 0 Å². The number of carbonyl (C=O) groups excluding carboxylic acids is 1. The second-order valence-electron chi connectivity index (χ2n) is 7.49. The number of aromatic amines is 1. The Labute approximate surface area is 170 Å². The van der Waals surface area contributed by atoms with Crippen molar-refractivity contribution in [3.63, 3.8) is 0 Å². The summed E-state index contributed by atoms with van der Waals surface area (Å²) in [6, 6.07) is 8.66. The first kappa shape index (κ1) is 20.6. The molecule has 1 amide bonds. The number of rotatable bonds is 9. The van der Waals surface area contributed by atoms with Crippen molar-refractivity contribution in [2.75, 3.05) is 6.54 Å². The van der Waals surface area contributed by atoms with Gasteiger partial charge in [0.15, 0.2) is 0 Å². The highest BCUT2D eigenvalue weighted by atomic mass is 16.1. The summed E-state index contributed by atoms with van der Waals surface area (Å²) in [4.78, 5) is 28.9. The van der Waals surface area contributed by atoms with E-state index in [1.807, 2.05) is 12.4 Å². The fourth-order valence-electron chi connectivity index (χ4n) is 3.36. The first-order chi connectivity index (χ1) is 14.0. The van der Waals surface area contributed by atoms with Gasteiger partial charge in [0.25, 0.3) is 11.5 Å². The Kier molecular flexibility index (Phi) is 6.69. The number of amides is 1. The molecule has 2 N–H and O–H groups in total. The number of imidazole rings is 1. The van der Waals surface area contributed by atoms with E-state index in [0.717, 1.165) is 43.0 Å². The molecule has 0 bridgehead atoms. The fraction of sp³-hybridized carbons (Fsp3) is 0.409. The lowest BCUT2D eigenvalue weighted by Crippen LogP contribution is -2.25. The zero-order valence-corrected chi connectivity index (χ0v) is 17.3. The van der Waals surface area contributed by atoms with Crippen molar-refractivity contribution >= 4 is 5.91 Å². The molecule has 0 radical (unpaired) electrons. The average molecular weight is 396 g/mol. The molecule has 7 nitrogen and oxygen atoms in total. The number of nitrogens with zero attached hydrogens (tertiary/aromatic N) is 3. The van der Waals surface area contributed by atoms with Gasteiger partial charge in [-0.2, -0.15) is 0 Å². The van der Waals surface area contributed by atoms with Gasteiger partial charge in [0, 0.05) is 48.7 Å². The van der Waals surface area contributed by atoms with E-state index in [-0.39, 0.29) is 11.5 Å². The number of nitrogens with one attached hydrogen (secondary N) is 2. The summed E-state index contributed by atoms with van der Waals surface area (Å²) in [7, 11) is 0. The maximum absolute atomic E-state index is 12.4. The number of aryl methyl sites for hydroxylation is 2. The largest absolute Gasteiger partial charge is 0.352 e. The number of carbonyl (C=O) groups is 1. The van der Waals surface area contributed by atoms with Crippen LogP contribution in [-0.2, 0) is 13.0 Å². The van der Waals surface area contributed by atoms with Crippen LogP contribution in [-0.4, -0.2) is 31.8 Å². The summed E-state index contributed by atoms with van der Waals surface area (Å²) in [5.41, 5.74) is 2.12. The van der Waals surface area contributed by atoms with Gasteiger partial charge in [0.1, 0.15) is 5.82 Å². The fourth-order valence-corrected chi connectivity index (χ4v) is 3.36. The first-order valence-corrected chi connectivity index (χ1v) is 10.2. The standard InChI is InChI=1S/C22H29N5O2/c1-4-6-18-15-20(28)27(25-18)19-9-7-17(8-10-19)22(29)24-11-5-13-26-14-12-23-21(26)16(2)3/h7-10,12,14-16,25H,4-6,11,13H2,1-3H3,(H,24,29). The van der Waals surface area contributed by atoms with E-state index in [9.17, 15) is 9.59 Å². The molecule has 29 heavy (non-hydrogen) atoms. The molecule has 0 aliphatic carbocycles. The minimum absolute atomic E-state index is 0.0917. The molecule has 0 aliphatic heterocycles. The van der Waals surface area contributed by atoms with Crippen LogP contribution in [0.25, 0.3) is 5.69 Å². The van der Waals surface area contributed by atoms with E-state index in [0.29, 0.717) is 18.0 Å². The normalized spacial score (nSPS) is 11.2. The monoisotopic (exact) mass is 395 g/mol. The van der Waals surface area contributed by atoms with Gasteiger partial charge in [-0.15, -0.1) is 0 Å². The van der Waals surface area contributed by atoms with Gasteiger partial charge in [-0.1, -0.05) is 27.2 Å². The van der Waals surface area contributed by atoms with Crippen LogP contribution in [0.15, 0.2) is 47.5 Å². The molecule has 2 heterocycles. The van der Waals surface area contributed by atoms with E-state index in [2.05, 4.69) is 40.7 Å². The minimum atomic E-state index is -0.114. The third kappa shape index (κ3) is 5.04. The van der Waals surface area contributed by atoms with Crippen LogP contribution >= 0.6 is 0 Å². The molecule has 0 spiro atoms. The van der Waals surface area contributed by atoms with Gasteiger partial charge in [0.2, 0.25) is 0 Å². The lowest BCUT2D eigenvalue weighted by Gasteiger charge is -2.11. The lowest BCUT2D eigenvalue weighted by molar-refractivity contribution is 0.0952. The highest BCUT2D eigenvalue weighted by molar-refractivity contribution is 5.94. The van der Waals surface area contributed by atoms with Crippen LogP contribution < -0.4 is 10.9 Å². The highest BCUT2D eigenvalue weighted by Crippen LogP contribution is 2.12. The number of H-pyrrole nitrogens is 1. The second-order valence-corrected chi connectivity index (χ2v) is 7.49. The summed E-state index contributed by atoms with van der Waals surface area (Å²) >= 11 is 0. The minimum Gasteiger partial charge on any atom is -0.352 e. The quantitative estimate of drug-likeness (QED) is 0.546. The van der Waals surface area contributed by atoms with Gasteiger partial charge in [-0.3, -0.25) is 14.7 Å². The van der Waals surface area contributed by atoms with Crippen molar-refractivity contribution in [1.82, 2.24) is 24.6 Å². The van der Waals surface area contributed by atoms with Crippen molar-refractivity contribution < 1.29 is 4.79 Å². The Hall–Kier alpha value is -3.09. The van der Waals surface area contributed by atoms with E-state index >= 15 is 0 Å². The molecule has 0 fully saturated rings. The molecule has 154 valence electrons. The Balaban J connectivity index is 1.54. The average Bonchev–Trinajstić information content (AvgIpc) is 3.32. The van der Waals surface area contributed by atoms with Crippen LogP contribution in [0.2, 0.25) is 0 Å². The van der Waals surface area contributed by atoms with Gasteiger partial charge in [-0.05, 0) is 37.1 Å². The molecule has 7 heteroatoms. The molecule has 0 atom stereocenters. The summed E-state index contributed by atoms with van der Waals surface area (Å²) in [6.45, 7) is 7.73. The van der Waals surface area contributed by atoms with Crippen LogP contribution in [0.5, 0.6) is 0 Å². The molecule has 0 saturated carbocycles. The molecule has 1 aromatic carbocycles. The van der Waals surface area contributed by atoms with E-state index in [1.165, 1.54) is 4.68 Å². The van der Waals surface area contributed by atoms with Gasteiger partial charge in [-0.25, -0.2) is 9.67 Å². The molecule has 3 aromatic rings. The Morgan fingerprint density at radius 1 is 1.24 bits per heavy atom. The van der Waals surface area contributed by atoms with Crippen LogP contribution in [0, 0.1) is 0 Å². The summed E-state index contributed by atoms with van der Waals surface area (Å²) < 4.78 is 3.64. The second kappa shape index (κ2) is 9.41. The number of hydrogen-bond donors (Lipinski definition) is 2. The van der Waals surface area contributed by atoms with Gasteiger partial charge >= 0.3 is 0 Å². The smallest absolute Gasteiger partial charge is 0.271 e. The van der Waals surface area contributed by atoms with Gasteiger partial charge in [0.05, 0.1) is 5.69 Å². The first-order valence-electron chi connectivity index (χ1n) is 10.2. The lowest BCUT2D eigenvalue weighted by atomic mass is 10.2. The summed E-state index contributed by atoms with van der Waals surface area (Å²) in [5.74, 6) is 1.33. The molecule has 0 unspecified atom stereocenters. The SMILES string of the molecule is CCCc1cc(=O)n(-c2ccc(C(=O)NCCCn3ccnc3C(C)C)cc2)[nH]1. The van der Waals surface area contributed by atoms with Crippen molar-refractivity contribution in [2.24, 2.45) is 0 Å². The highest BCUT2D eigenvalue weighted by Gasteiger charge is 2.09. The maximum atomic E-state index is 12.4. The predicted octanol–water partition coefficient (Wildman–Crippen LogP) is 3.26. The molecule has 0 aliphatic rings. The Morgan fingerprint density at radius 3 is 2.69 bits per heavy atom. The van der Waals surface area contributed by atoms with Crippen molar-refractivity contribution in [2.45, 2.75) is 52.5 Å². The maximum Gasteiger partial charge on any atom is 0.271 e. The summed E-state index contributed by atoms with van der Waals surface area (Å²) in [5, 5.41) is 6.06. The van der Waals surface area contributed by atoms with Crippen LogP contribution in [0.4, 0.5) is 0 Å². The molecule has 2 aromatic heterocycles. The number of aromatic nitrogens is 4. The van der Waals surface area contributed by atoms with Crippen LogP contribution in [0.3, 0.4) is 0 Å². The van der Waals surface area contributed by atoms with E-state index in [4.69, 9.17) is 0 Å². The van der Waals surface area contributed by atoms with Crippen LogP contribution in [0.1, 0.15) is 61.4 Å². The van der Waals surface area contributed by atoms with Crippen molar-refractivity contribution in [3.05, 3.63) is 70.2 Å². The third-order valence-electron chi connectivity index (χ3n) is 4.81. The zero-order chi connectivity index (χ0) is 20.8. The Bertz CT molecular complexity index is 995. The number of benzene rings is 1. The van der Waals surface area contributed by atoms with E-state index in [1.54, 1.807) is 30.3 Å². The third-order valence-corrected chi connectivity index (χ3v) is 4.81. The molecular formula is C22H29N5O2.